The summed E-state index contributed by atoms with van der Waals surface area (Å²) in [5.74, 6) is -0.743. The number of carboxylic acids is 1. The van der Waals surface area contributed by atoms with Gasteiger partial charge in [0.1, 0.15) is 36.9 Å². The Hall–Kier alpha value is -13.2. The van der Waals surface area contributed by atoms with Crippen LogP contribution in [0.15, 0.2) is 212 Å². The van der Waals surface area contributed by atoms with Gasteiger partial charge in [-0.25, -0.2) is 59.4 Å². The molecule has 16 rings (SSSR count). The van der Waals surface area contributed by atoms with E-state index in [0.29, 0.717) is 69.5 Å². The van der Waals surface area contributed by atoms with Crippen LogP contribution in [0.1, 0.15) is 34.6 Å². The molecule has 0 bridgehead atoms. The van der Waals surface area contributed by atoms with Gasteiger partial charge in [-0.1, -0.05) is 66.7 Å². The highest BCUT2D eigenvalue weighted by Crippen LogP contribution is 2.35. The molecule has 0 aliphatic carbocycles. The summed E-state index contributed by atoms with van der Waals surface area (Å²) in [6, 6.07) is 45.7. The average molecular weight is 1740 g/mol. The van der Waals surface area contributed by atoms with Gasteiger partial charge in [-0.15, -0.1) is 0 Å². The lowest BCUT2D eigenvalue weighted by atomic mass is 9.83. The fourth-order valence-corrected chi connectivity index (χ4v) is 14.1. The van der Waals surface area contributed by atoms with E-state index in [1.54, 1.807) is 92.9 Å². The largest absolute Gasteiger partial charge is 0.491 e. The Kier molecular flexibility index (Phi) is 32.2. The molecule has 0 saturated carbocycles. The number of hydrogen-bond acceptors (Lipinski definition) is 27. The van der Waals surface area contributed by atoms with Crippen LogP contribution in [0, 0.1) is 6.92 Å². The topological polar surface area (TPSA) is 358 Å². The molecule has 4 aliphatic rings. The van der Waals surface area contributed by atoms with Crippen LogP contribution < -0.4 is 49.3 Å². The summed E-state index contributed by atoms with van der Waals surface area (Å²) in [7, 11) is 4.58. The number of carbonyl (C=O) groups excluding carboxylic acids is 3. The Morgan fingerprint density at radius 1 is 0.423 bits per heavy atom. The number of aromatic nitrogens is 12. The number of hydrogen-bond donors (Lipinski definition) is 4. The summed E-state index contributed by atoms with van der Waals surface area (Å²) in [6.45, 7) is 25.9. The lowest BCUT2D eigenvalue weighted by molar-refractivity contribution is -0.137. The fraction of sp³-hybridized carbons (Fsp3) is 0.330. The molecule has 0 radical (unpaired) electrons. The van der Waals surface area contributed by atoms with Gasteiger partial charge in [0.05, 0.1) is 34.1 Å². The van der Waals surface area contributed by atoms with Crippen LogP contribution >= 0.6 is 15.9 Å². The molecule has 642 valence electrons. The number of piperazine rings is 4. The fourth-order valence-electron chi connectivity index (χ4n) is 13.6. The van der Waals surface area contributed by atoms with Crippen molar-refractivity contribution < 1.29 is 62.8 Å². The zero-order chi connectivity index (χ0) is 87.4. The lowest BCUT2D eigenvalue weighted by Gasteiger charge is -2.37. The highest BCUT2D eigenvalue weighted by atomic mass is 79.9. The summed E-state index contributed by atoms with van der Waals surface area (Å²) in [4.78, 5) is 103. The molecule has 123 heavy (non-hydrogen) atoms. The first kappa shape index (κ1) is 90.5. The number of carboxylic acid groups (broad SMARTS) is 1. The van der Waals surface area contributed by atoms with Crippen LogP contribution in [0.4, 0.5) is 32.3 Å². The third kappa shape index (κ3) is 25.9. The van der Waals surface area contributed by atoms with Crippen molar-refractivity contribution in [3.63, 3.8) is 0 Å². The number of para-hydroxylation sites is 4. The summed E-state index contributed by atoms with van der Waals surface area (Å²) in [6.07, 6.45) is 19.8. The van der Waals surface area contributed by atoms with Crippen LogP contribution in [0.3, 0.4) is 0 Å². The van der Waals surface area contributed by atoms with Crippen LogP contribution in [0.2, 0.25) is 0 Å². The van der Waals surface area contributed by atoms with Crippen molar-refractivity contribution in [3.8, 4) is 57.4 Å². The van der Waals surface area contributed by atoms with Crippen molar-refractivity contribution in [3.05, 3.63) is 219 Å². The van der Waals surface area contributed by atoms with Gasteiger partial charge in [0.25, 0.3) is 0 Å². The SMILES string of the molecule is COc1ncc(-c2ccccc2N2CCN(C(=O)Cn3ccc4cccnc43)CC2)cn1.COc1ncc(-c2ccccc2N2CCN(C(=O)OC(C)(C)C)CC2)cn1.COc1ncc(-c2ccccc2N2CCNCC2)cn1.COc1ncc(B(O)O)cn1.O=C(O)Cn1ccc2cccnc21.[CH2+]C(C)(C)OC(=O)N1CCN(c2ccccc2Br)CC1. The van der Waals surface area contributed by atoms with E-state index in [1.807, 2.05) is 134 Å². The number of ether oxygens (including phenoxy) is 6. The number of halogens is 1. The minimum Gasteiger partial charge on any atom is -0.480 e. The van der Waals surface area contributed by atoms with E-state index >= 15 is 0 Å². The molecular weight excluding hydrogens is 1640 g/mol. The standard InChI is InChI=1S/C24H24N6O2.C20H26N4O3.C15H20BrN2O2.C15H18N4O.C9H8N2O2.C5H7BN2O3/c1-32-24-26-15-19(16-27-24)20-6-2-3-7-21(20)28-11-13-29(14-12-28)22(31)17-30-10-8-18-5-4-9-25-23(18)30;1-20(2,3)27-19(25)24-11-9-23(10-12-24)17-8-6-5-7-16(17)15-13-21-18(26-4)22-14-15;1-15(2,3)20-14(19)18-10-8-17(9-11-18)13-7-5-4-6-12(13)16;1-20-15-17-10-12(11-18-15)13-4-2-3-5-14(13)19-8-6-16-7-9-19;12-8(13)6-11-5-3-7-2-1-4-10-9(7)11;1-11-5-7-2-4(3-8-5)6(9)10/h2-10,15-16H,11-14,17H2,1H3;5-8,13-14H,9-12H2,1-4H3;4-7H,1,8-11H2,2-3H3;2-5,10-11,16H,6-9H2,1H3;1-5H,6H2,(H,12,13);2-3,9-10H,1H3/q;;+1;;;. The molecule has 4 N–H and O–H groups in total. The lowest BCUT2D eigenvalue weighted by Crippen LogP contribution is -2.50. The first-order valence-electron chi connectivity index (χ1n) is 40.0. The molecule has 12 heterocycles. The minimum absolute atomic E-state index is 0.0412. The second-order valence-electron chi connectivity index (χ2n) is 30.0. The molecule has 35 heteroatoms. The van der Waals surface area contributed by atoms with E-state index in [1.165, 1.54) is 25.2 Å². The van der Waals surface area contributed by atoms with Gasteiger partial charge in [0.2, 0.25) is 11.5 Å². The molecule has 4 saturated heterocycles. The number of amides is 3. The van der Waals surface area contributed by atoms with Crippen molar-refractivity contribution in [1.82, 2.24) is 79.0 Å². The third-order valence-electron chi connectivity index (χ3n) is 19.7. The van der Waals surface area contributed by atoms with Gasteiger partial charge < -0.3 is 92.3 Å². The van der Waals surface area contributed by atoms with E-state index < -0.39 is 24.3 Å². The molecule has 12 aromatic rings. The molecular formula is C88H103BBrN20O13+. The van der Waals surface area contributed by atoms with Crippen LogP contribution in [-0.4, -0.2) is 264 Å². The minimum atomic E-state index is -1.53. The van der Waals surface area contributed by atoms with Gasteiger partial charge >= 0.3 is 49.3 Å². The Labute approximate surface area is 723 Å². The molecule has 4 aliphatic heterocycles. The number of carbonyl (C=O) groups is 4. The average Bonchev–Trinajstić information content (AvgIpc) is 1.47. The quantitative estimate of drug-likeness (QED) is 0.0486. The number of fused-ring (bicyclic) bond motifs is 2. The number of rotatable bonds is 17. The molecule has 0 unspecified atom stereocenters. The summed E-state index contributed by atoms with van der Waals surface area (Å²) in [5.41, 5.74) is 11.4. The van der Waals surface area contributed by atoms with Gasteiger partial charge in [0, 0.05) is 264 Å². The number of benzene rings is 4. The Morgan fingerprint density at radius 3 is 1.13 bits per heavy atom. The molecule has 8 aromatic heterocycles. The van der Waals surface area contributed by atoms with E-state index in [0.717, 1.165) is 137 Å². The zero-order valence-corrected chi connectivity index (χ0v) is 72.0. The van der Waals surface area contributed by atoms with Crippen LogP contribution in [0.5, 0.6) is 24.0 Å². The molecule has 3 amide bonds. The van der Waals surface area contributed by atoms with Gasteiger partial charge in [0.15, 0.2) is 0 Å². The maximum atomic E-state index is 12.9. The monoisotopic (exact) mass is 1740 g/mol. The highest BCUT2D eigenvalue weighted by molar-refractivity contribution is 9.10. The molecule has 0 spiro atoms. The Balaban J connectivity index is 0.000000149. The van der Waals surface area contributed by atoms with E-state index in [-0.39, 0.29) is 36.1 Å². The summed E-state index contributed by atoms with van der Waals surface area (Å²) in [5, 5.41) is 31.2. The smallest absolute Gasteiger partial charge is 0.480 e. The van der Waals surface area contributed by atoms with Crippen molar-refractivity contribution in [1.29, 1.82) is 0 Å². The van der Waals surface area contributed by atoms with Crippen molar-refractivity contribution in [2.24, 2.45) is 0 Å². The van der Waals surface area contributed by atoms with Crippen LogP contribution in [0.25, 0.3) is 55.4 Å². The van der Waals surface area contributed by atoms with Gasteiger partial charge in [-0.05, 0) is 103 Å². The predicted octanol–water partition coefficient (Wildman–Crippen LogP) is 10.2. The number of nitrogens with one attached hydrogen (secondary N) is 1. The summed E-state index contributed by atoms with van der Waals surface area (Å²) >= 11 is 3.56. The molecule has 0 atom stereocenters. The van der Waals surface area contributed by atoms with E-state index in [9.17, 15) is 19.2 Å². The van der Waals surface area contributed by atoms with Crippen LogP contribution in [-0.2, 0) is 32.2 Å². The van der Waals surface area contributed by atoms with Gasteiger partial charge in [-0.3, -0.25) is 9.59 Å². The maximum Gasteiger partial charge on any atom is 0.491 e. The van der Waals surface area contributed by atoms with E-state index in [2.05, 4.69) is 151 Å². The maximum absolute atomic E-state index is 12.9. The third-order valence-corrected chi connectivity index (χ3v) is 20.3. The van der Waals surface area contributed by atoms with Crippen molar-refractivity contribution in [2.45, 2.75) is 58.9 Å². The first-order valence-corrected chi connectivity index (χ1v) is 40.8. The second-order valence-corrected chi connectivity index (χ2v) is 30.9. The number of methoxy groups -OCH3 is 4. The van der Waals surface area contributed by atoms with E-state index in [4.69, 9.17) is 38.8 Å². The molecule has 4 aromatic carbocycles. The van der Waals surface area contributed by atoms with Crippen molar-refractivity contribution in [2.75, 3.05) is 153 Å². The normalized spacial score (nSPS) is 13.9. The predicted molar refractivity (Wildman–Crippen MR) is 475 cm³/mol. The van der Waals surface area contributed by atoms with Gasteiger partial charge in [-0.2, -0.15) is 0 Å². The number of pyridine rings is 2. The zero-order valence-electron chi connectivity index (χ0n) is 70.4. The Morgan fingerprint density at radius 2 is 0.764 bits per heavy atom. The highest BCUT2D eigenvalue weighted by Gasteiger charge is 2.32. The molecule has 33 nitrogen and oxygen atoms in total. The first-order chi connectivity index (χ1) is 59.3. The van der Waals surface area contributed by atoms with Crippen molar-refractivity contribution >= 4 is 97.4 Å². The molecule has 4 fully saturated rings. The second kappa shape index (κ2) is 43.8. The number of nitrogens with zero attached hydrogens (tertiary/aromatic N) is 19. The number of anilines is 4. The summed E-state index contributed by atoms with van der Waals surface area (Å²) < 4.78 is 35.2. The number of aliphatic carboxylic acids is 1. The Bertz CT molecular complexity index is 5370.